The highest BCUT2D eigenvalue weighted by atomic mass is 16.2. The molecule has 5 heteroatoms. The lowest BCUT2D eigenvalue weighted by molar-refractivity contribution is -0.130. The van der Waals surface area contributed by atoms with Crippen molar-refractivity contribution >= 4 is 5.91 Å². The SMILES string of the molecule is CC(C)(CN1CCN2CCCC2C1)C(=O)NN. The fraction of sp³-hybridized carbons (Fsp3) is 0.917. The van der Waals surface area contributed by atoms with Crippen molar-refractivity contribution < 1.29 is 4.79 Å². The first-order chi connectivity index (χ1) is 8.03. The average Bonchev–Trinajstić information content (AvgIpc) is 2.74. The molecule has 2 aliphatic heterocycles. The quantitative estimate of drug-likeness (QED) is 0.407. The van der Waals surface area contributed by atoms with Crippen molar-refractivity contribution in [2.45, 2.75) is 32.7 Å². The van der Waals surface area contributed by atoms with Gasteiger partial charge in [-0.1, -0.05) is 0 Å². The molecule has 5 nitrogen and oxygen atoms in total. The van der Waals surface area contributed by atoms with Crippen LogP contribution in [0.3, 0.4) is 0 Å². The number of rotatable bonds is 3. The Morgan fingerprint density at radius 1 is 1.41 bits per heavy atom. The van der Waals surface area contributed by atoms with Gasteiger partial charge in [-0.15, -0.1) is 0 Å². The molecule has 1 unspecified atom stereocenters. The van der Waals surface area contributed by atoms with Crippen LogP contribution in [0.25, 0.3) is 0 Å². The minimum atomic E-state index is -0.407. The van der Waals surface area contributed by atoms with Crippen LogP contribution in [0.4, 0.5) is 0 Å². The third-order valence-corrected chi connectivity index (χ3v) is 4.04. The predicted octanol–water partition coefficient (Wildman–Crippen LogP) is -0.217. The summed E-state index contributed by atoms with van der Waals surface area (Å²) in [6.45, 7) is 9.27. The van der Waals surface area contributed by atoms with E-state index in [1.807, 2.05) is 13.8 Å². The smallest absolute Gasteiger partial charge is 0.240 e. The van der Waals surface area contributed by atoms with Crippen LogP contribution in [0.15, 0.2) is 0 Å². The monoisotopic (exact) mass is 240 g/mol. The molecule has 0 bridgehead atoms. The van der Waals surface area contributed by atoms with Gasteiger partial charge in [0.05, 0.1) is 5.41 Å². The van der Waals surface area contributed by atoms with E-state index in [0.717, 1.165) is 26.2 Å². The van der Waals surface area contributed by atoms with Crippen molar-refractivity contribution in [1.29, 1.82) is 0 Å². The maximum absolute atomic E-state index is 11.7. The average molecular weight is 240 g/mol. The molecule has 0 radical (unpaired) electrons. The zero-order valence-electron chi connectivity index (χ0n) is 10.9. The van der Waals surface area contributed by atoms with Crippen LogP contribution in [0.2, 0.25) is 0 Å². The number of carbonyl (C=O) groups excluding carboxylic acids is 1. The normalized spacial score (nSPS) is 26.9. The number of nitrogens with one attached hydrogen (secondary N) is 1. The van der Waals surface area contributed by atoms with Gasteiger partial charge in [-0.25, -0.2) is 5.84 Å². The van der Waals surface area contributed by atoms with E-state index in [4.69, 9.17) is 5.84 Å². The first-order valence-corrected chi connectivity index (χ1v) is 6.50. The number of fused-ring (bicyclic) bond motifs is 1. The van der Waals surface area contributed by atoms with Crippen molar-refractivity contribution in [2.75, 3.05) is 32.7 Å². The Labute approximate surface area is 103 Å². The second kappa shape index (κ2) is 4.92. The van der Waals surface area contributed by atoms with E-state index in [9.17, 15) is 4.79 Å². The zero-order chi connectivity index (χ0) is 12.5. The summed E-state index contributed by atoms with van der Waals surface area (Å²) in [5.74, 6) is 5.15. The number of amides is 1. The van der Waals surface area contributed by atoms with Gasteiger partial charge in [0.2, 0.25) is 5.91 Å². The molecule has 1 atom stereocenters. The summed E-state index contributed by atoms with van der Waals surface area (Å²) in [7, 11) is 0. The van der Waals surface area contributed by atoms with Crippen LogP contribution in [0, 0.1) is 5.41 Å². The molecule has 0 aromatic heterocycles. The van der Waals surface area contributed by atoms with Gasteiger partial charge in [-0.05, 0) is 33.2 Å². The van der Waals surface area contributed by atoms with Crippen molar-refractivity contribution in [3.63, 3.8) is 0 Å². The number of hydrogen-bond donors (Lipinski definition) is 2. The van der Waals surface area contributed by atoms with Crippen LogP contribution in [-0.4, -0.2) is 54.5 Å². The summed E-state index contributed by atoms with van der Waals surface area (Å²) < 4.78 is 0. The molecule has 0 aromatic rings. The van der Waals surface area contributed by atoms with E-state index in [-0.39, 0.29) is 5.91 Å². The Kier molecular flexibility index (Phi) is 3.70. The lowest BCUT2D eigenvalue weighted by Crippen LogP contribution is -2.54. The fourth-order valence-electron chi connectivity index (χ4n) is 3.03. The second-order valence-corrected chi connectivity index (χ2v) is 5.92. The lowest BCUT2D eigenvalue weighted by atomic mass is 9.91. The molecule has 2 fully saturated rings. The molecule has 2 saturated heterocycles. The van der Waals surface area contributed by atoms with Gasteiger partial charge < -0.3 is 0 Å². The number of carbonyl (C=O) groups is 1. The fourth-order valence-corrected chi connectivity index (χ4v) is 3.03. The van der Waals surface area contributed by atoms with Gasteiger partial charge in [0, 0.05) is 32.2 Å². The third-order valence-electron chi connectivity index (χ3n) is 4.04. The number of piperazine rings is 1. The summed E-state index contributed by atoms with van der Waals surface area (Å²) in [6.07, 6.45) is 2.63. The van der Waals surface area contributed by atoms with E-state index in [1.54, 1.807) is 0 Å². The summed E-state index contributed by atoms with van der Waals surface area (Å²) in [5.41, 5.74) is 1.86. The lowest BCUT2D eigenvalue weighted by Gasteiger charge is -2.40. The predicted molar refractivity (Wildman–Crippen MR) is 67.1 cm³/mol. The van der Waals surface area contributed by atoms with Gasteiger partial charge in [0.1, 0.15) is 0 Å². The minimum absolute atomic E-state index is 0.0775. The Balaban J connectivity index is 1.89. The van der Waals surface area contributed by atoms with Crippen molar-refractivity contribution in [2.24, 2.45) is 11.3 Å². The maximum Gasteiger partial charge on any atom is 0.240 e. The van der Waals surface area contributed by atoms with Crippen LogP contribution in [-0.2, 0) is 4.79 Å². The minimum Gasteiger partial charge on any atom is -0.299 e. The van der Waals surface area contributed by atoms with Crippen LogP contribution >= 0.6 is 0 Å². The number of nitrogens with two attached hydrogens (primary N) is 1. The van der Waals surface area contributed by atoms with Gasteiger partial charge in [-0.2, -0.15) is 0 Å². The van der Waals surface area contributed by atoms with Crippen molar-refractivity contribution in [3.8, 4) is 0 Å². The summed E-state index contributed by atoms with van der Waals surface area (Å²) >= 11 is 0. The first kappa shape index (κ1) is 12.8. The molecule has 0 aliphatic carbocycles. The first-order valence-electron chi connectivity index (χ1n) is 6.50. The highest BCUT2D eigenvalue weighted by Gasteiger charge is 2.35. The summed E-state index contributed by atoms with van der Waals surface area (Å²) in [4.78, 5) is 16.6. The number of hydrogen-bond acceptors (Lipinski definition) is 4. The van der Waals surface area contributed by atoms with Gasteiger partial charge in [0.25, 0.3) is 0 Å². The standard InChI is InChI=1S/C12H24N4O/c1-12(2,11(17)14-13)9-15-6-7-16-5-3-4-10(16)8-15/h10H,3-9,13H2,1-2H3,(H,14,17). The molecule has 2 aliphatic rings. The highest BCUT2D eigenvalue weighted by molar-refractivity contribution is 5.81. The van der Waals surface area contributed by atoms with Crippen molar-refractivity contribution in [3.05, 3.63) is 0 Å². The van der Waals surface area contributed by atoms with E-state index in [2.05, 4.69) is 15.2 Å². The van der Waals surface area contributed by atoms with Crippen LogP contribution < -0.4 is 11.3 Å². The Bertz CT molecular complexity index is 292. The van der Waals surface area contributed by atoms with Crippen LogP contribution in [0.1, 0.15) is 26.7 Å². The molecular formula is C12H24N4O. The molecule has 0 spiro atoms. The van der Waals surface area contributed by atoms with Gasteiger partial charge >= 0.3 is 0 Å². The molecule has 98 valence electrons. The Morgan fingerprint density at radius 3 is 2.88 bits per heavy atom. The van der Waals surface area contributed by atoms with Crippen LogP contribution in [0.5, 0.6) is 0 Å². The van der Waals surface area contributed by atoms with E-state index in [0.29, 0.717) is 6.04 Å². The van der Waals surface area contributed by atoms with Crippen molar-refractivity contribution in [1.82, 2.24) is 15.2 Å². The summed E-state index contributed by atoms with van der Waals surface area (Å²) in [5, 5.41) is 0. The molecule has 0 aromatic carbocycles. The van der Waals surface area contributed by atoms with E-state index >= 15 is 0 Å². The second-order valence-electron chi connectivity index (χ2n) is 5.92. The maximum atomic E-state index is 11.7. The van der Waals surface area contributed by atoms with E-state index in [1.165, 1.54) is 19.4 Å². The highest BCUT2D eigenvalue weighted by Crippen LogP contribution is 2.24. The van der Waals surface area contributed by atoms with E-state index < -0.39 is 5.41 Å². The topological polar surface area (TPSA) is 61.6 Å². The molecule has 2 rings (SSSR count). The molecule has 1 amide bonds. The zero-order valence-corrected chi connectivity index (χ0v) is 10.9. The molecule has 0 saturated carbocycles. The molecular weight excluding hydrogens is 216 g/mol. The number of nitrogens with zero attached hydrogens (tertiary/aromatic N) is 2. The molecule has 3 N–H and O–H groups in total. The van der Waals surface area contributed by atoms with Gasteiger partial charge in [0.15, 0.2) is 0 Å². The Hall–Kier alpha value is -0.650. The third kappa shape index (κ3) is 2.78. The van der Waals surface area contributed by atoms with Gasteiger partial charge in [-0.3, -0.25) is 20.0 Å². The molecule has 2 heterocycles. The Morgan fingerprint density at radius 2 is 2.18 bits per heavy atom. The largest absolute Gasteiger partial charge is 0.299 e. The summed E-state index contributed by atoms with van der Waals surface area (Å²) in [6, 6.07) is 0.709. The number of hydrazine groups is 1. The molecule has 17 heavy (non-hydrogen) atoms.